The monoisotopic (exact) mass is 598 g/mol. The molecular formula is C31H26Cl3FN2O3. The fourth-order valence-electron chi connectivity index (χ4n) is 4.09. The largest absolute Gasteiger partial charge is 0.482 e. The van der Waals surface area contributed by atoms with Crippen LogP contribution >= 0.6 is 34.8 Å². The van der Waals surface area contributed by atoms with Crippen LogP contribution in [0.3, 0.4) is 0 Å². The van der Waals surface area contributed by atoms with E-state index >= 15 is 0 Å². The minimum absolute atomic E-state index is 0.0532. The van der Waals surface area contributed by atoms with E-state index in [9.17, 15) is 14.0 Å². The van der Waals surface area contributed by atoms with Gasteiger partial charge < -0.3 is 15.0 Å². The van der Waals surface area contributed by atoms with Gasteiger partial charge in [0.1, 0.15) is 17.6 Å². The van der Waals surface area contributed by atoms with E-state index in [1.165, 1.54) is 17.0 Å². The quantitative estimate of drug-likeness (QED) is 0.200. The van der Waals surface area contributed by atoms with Crippen LogP contribution in [-0.2, 0) is 29.1 Å². The Hall–Kier alpha value is -3.58. The van der Waals surface area contributed by atoms with Gasteiger partial charge in [0.05, 0.1) is 5.02 Å². The Morgan fingerprint density at radius 3 is 2.23 bits per heavy atom. The molecule has 0 saturated heterocycles. The summed E-state index contributed by atoms with van der Waals surface area (Å²) in [6, 6.07) is 26.1. The van der Waals surface area contributed by atoms with Gasteiger partial charge in [-0.3, -0.25) is 9.59 Å². The van der Waals surface area contributed by atoms with Crippen LogP contribution in [0.2, 0.25) is 15.1 Å². The van der Waals surface area contributed by atoms with Crippen LogP contribution in [0.15, 0.2) is 97.1 Å². The zero-order valence-corrected chi connectivity index (χ0v) is 23.6. The van der Waals surface area contributed by atoms with E-state index in [2.05, 4.69) is 5.32 Å². The molecule has 1 N–H and O–H groups in total. The molecular weight excluding hydrogens is 574 g/mol. The summed E-state index contributed by atoms with van der Waals surface area (Å²) in [5.74, 6) is -0.879. The number of carbonyl (C=O) groups is 2. The highest BCUT2D eigenvalue weighted by Crippen LogP contribution is 2.24. The maximum atomic E-state index is 13.7. The van der Waals surface area contributed by atoms with Crippen LogP contribution in [0, 0.1) is 5.82 Å². The van der Waals surface area contributed by atoms with Gasteiger partial charge in [-0.25, -0.2) is 4.39 Å². The summed E-state index contributed by atoms with van der Waals surface area (Å²) in [4.78, 5) is 28.8. The van der Waals surface area contributed by atoms with E-state index in [0.29, 0.717) is 31.9 Å². The minimum atomic E-state index is -0.916. The number of nitrogens with one attached hydrogen (secondary N) is 1. The zero-order valence-electron chi connectivity index (χ0n) is 21.3. The number of rotatable bonds is 11. The second-order valence-electron chi connectivity index (χ2n) is 9.03. The molecule has 2 amide bonds. The standard InChI is InChI=1S/C31H26Cl3FN2O3/c32-24-13-12-23(27(34)17-24)18-36-31(39)28(16-21-6-2-1-3-7-21)37(19-22-10-14-25(35)15-11-22)30(38)20-40-29-9-5-4-8-26(29)33/h1-15,17,28H,16,18-20H2,(H,36,39). The lowest BCUT2D eigenvalue weighted by molar-refractivity contribution is -0.142. The van der Waals surface area contributed by atoms with Crippen molar-refractivity contribution in [3.8, 4) is 5.75 Å². The van der Waals surface area contributed by atoms with Crippen molar-refractivity contribution in [3.05, 3.63) is 135 Å². The third-order valence-corrected chi connectivity index (χ3v) is 7.09. The molecule has 1 atom stereocenters. The van der Waals surface area contributed by atoms with Crippen molar-refractivity contribution < 1.29 is 18.7 Å². The molecule has 0 saturated carbocycles. The predicted octanol–water partition coefficient (Wildman–Crippen LogP) is 7.12. The van der Waals surface area contributed by atoms with E-state index in [-0.39, 0.29) is 32.0 Å². The second-order valence-corrected chi connectivity index (χ2v) is 10.3. The third-order valence-electron chi connectivity index (χ3n) is 6.19. The topological polar surface area (TPSA) is 58.6 Å². The van der Waals surface area contributed by atoms with Gasteiger partial charge in [-0.15, -0.1) is 0 Å². The summed E-state index contributed by atoms with van der Waals surface area (Å²) in [5.41, 5.74) is 2.19. The molecule has 0 heterocycles. The number of carbonyl (C=O) groups excluding carboxylic acids is 2. The first kappa shape index (κ1) is 29.4. The van der Waals surface area contributed by atoms with E-state index in [4.69, 9.17) is 39.5 Å². The van der Waals surface area contributed by atoms with E-state index < -0.39 is 17.8 Å². The number of halogens is 4. The summed E-state index contributed by atoms with van der Waals surface area (Å²) >= 11 is 18.5. The van der Waals surface area contributed by atoms with Crippen LogP contribution in [0.1, 0.15) is 16.7 Å². The maximum Gasteiger partial charge on any atom is 0.261 e. The van der Waals surface area contributed by atoms with Gasteiger partial charge in [0.15, 0.2) is 6.61 Å². The summed E-state index contributed by atoms with van der Waals surface area (Å²) in [7, 11) is 0. The van der Waals surface area contributed by atoms with Crippen molar-refractivity contribution in [2.45, 2.75) is 25.6 Å². The van der Waals surface area contributed by atoms with Crippen molar-refractivity contribution in [1.29, 1.82) is 0 Å². The van der Waals surface area contributed by atoms with Gasteiger partial charge in [0.2, 0.25) is 5.91 Å². The molecule has 9 heteroatoms. The molecule has 0 spiro atoms. The molecule has 0 bridgehead atoms. The minimum Gasteiger partial charge on any atom is -0.482 e. The van der Waals surface area contributed by atoms with E-state index in [1.807, 2.05) is 30.3 Å². The molecule has 0 aromatic heterocycles. The number of para-hydroxylation sites is 1. The fourth-order valence-corrected chi connectivity index (χ4v) is 4.76. The summed E-state index contributed by atoms with van der Waals surface area (Å²) in [5, 5.41) is 4.17. The Morgan fingerprint density at radius 2 is 1.52 bits per heavy atom. The van der Waals surface area contributed by atoms with Crippen LogP contribution < -0.4 is 10.1 Å². The van der Waals surface area contributed by atoms with Gasteiger partial charge in [-0.2, -0.15) is 0 Å². The lowest BCUT2D eigenvalue weighted by atomic mass is 10.0. The third kappa shape index (κ3) is 8.21. The highest BCUT2D eigenvalue weighted by atomic mass is 35.5. The summed E-state index contributed by atoms with van der Waals surface area (Å²) in [6.07, 6.45) is 0.236. The predicted molar refractivity (Wildman–Crippen MR) is 156 cm³/mol. The lowest BCUT2D eigenvalue weighted by Crippen LogP contribution is -2.51. The summed E-state index contributed by atoms with van der Waals surface area (Å²) in [6.45, 7) is -0.168. The first-order valence-electron chi connectivity index (χ1n) is 12.5. The molecule has 4 aromatic carbocycles. The highest BCUT2D eigenvalue weighted by molar-refractivity contribution is 6.35. The molecule has 4 aromatic rings. The Kier molecular flexibility index (Phi) is 10.4. The maximum absolute atomic E-state index is 13.7. The normalized spacial score (nSPS) is 11.5. The molecule has 206 valence electrons. The zero-order chi connectivity index (χ0) is 28.5. The van der Waals surface area contributed by atoms with Gasteiger partial charge >= 0.3 is 0 Å². The molecule has 0 aliphatic rings. The molecule has 0 aliphatic carbocycles. The van der Waals surface area contributed by atoms with E-state index in [0.717, 1.165) is 5.56 Å². The number of hydrogen-bond acceptors (Lipinski definition) is 3. The van der Waals surface area contributed by atoms with Crippen LogP contribution in [0.5, 0.6) is 5.75 Å². The van der Waals surface area contributed by atoms with Gasteiger partial charge in [0, 0.05) is 29.6 Å². The smallest absolute Gasteiger partial charge is 0.261 e. The molecule has 40 heavy (non-hydrogen) atoms. The fraction of sp³-hybridized carbons (Fsp3) is 0.161. The number of amides is 2. The second kappa shape index (κ2) is 14.2. The average molecular weight is 600 g/mol. The first-order valence-corrected chi connectivity index (χ1v) is 13.6. The first-order chi connectivity index (χ1) is 19.3. The average Bonchev–Trinajstić information content (AvgIpc) is 2.95. The van der Waals surface area contributed by atoms with Crippen LogP contribution in [0.4, 0.5) is 4.39 Å². The number of ether oxygens (including phenoxy) is 1. The molecule has 4 rings (SSSR count). The molecule has 0 radical (unpaired) electrons. The van der Waals surface area contributed by atoms with Crippen LogP contribution in [0.25, 0.3) is 0 Å². The van der Waals surface area contributed by atoms with Crippen molar-refractivity contribution >= 4 is 46.6 Å². The highest BCUT2D eigenvalue weighted by Gasteiger charge is 2.31. The van der Waals surface area contributed by atoms with Gasteiger partial charge in [-0.1, -0.05) is 95.5 Å². The van der Waals surface area contributed by atoms with Crippen LogP contribution in [-0.4, -0.2) is 29.4 Å². The van der Waals surface area contributed by atoms with Crippen molar-refractivity contribution in [3.63, 3.8) is 0 Å². The molecule has 1 unspecified atom stereocenters. The SMILES string of the molecule is O=C(NCc1ccc(Cl)cc1Cl)C(Cc1ccccc1)N(Cc1ccc(F)cc1)C(=O)COc1ccccc1Cl. The molecule has 0 fully saturated rings. The number of benzene rings is 4. The van der Waals surface area contributed by atoms with Crippen molar-refractivity contribution in [2.24, 2.45) is 0 Å². The van der Waals surface area contributed by atoms with Gasteiger partial charge in [-0.05, 0) is 53.1 Å². The molecule has 5 nitrogen and oxygen atoms in total. The van der Waals surface area contributed by atoms with Crippen molar-refractivity contribution in [2.75, 3.05) is 6.61 Å². The Morgan fingerprint density at radius 1 is 0.825 bits per heavy atom. The van der Waals surface area contributed by atoms with E-state index in [1.54, 1.807) is 54.6 Å². The lowest BCUT2D eigenvalue weighted by Gasteiger charge is -2.31. The Balaban J connectivity index is 1.62. The Bertz CT molecular complexity index is 1450. The summed E-state index contributed by atoms with van der Waals surface area (Å²) < 4.78 is 19.4. The molecule has 0 aliphatic heterocycles. The van der Waals surface area contributed by atoms with Gasteiger partial charge in [0.25, 0.3) is 5.91 Å². The number of nitrogens with zero attached hydrogens (tertiary/aromatic N) is 1. The van der Waals surface area contributed by atoms with Crippen molar-refractivity contribution in [1.82, 2.24) is 10.2 Å². The number of hydrogen-bond donors (Lipinski definition) is 1. The Labute approximate surface area is 247 Å².